The summed E-state index contributed by atoms with van der Waals surface area (Å²) in [6, 6.07) is 3.28. The number of nitrogen functional groups attached to an aromatic ring is 1. The molecule has 0 radical (unpaired) electrons. The van der Waals surface area contributed by atoms with E-state index in [9.17, 15) is 4.79 Å². The molecule has 16 heavy (non-hydrogen) atoms. The van der Waals surface area contributed by atoms with Crippen LogP contribution in [0.3, 0.4) is 0 Å². The van der Waals surface area contributed by atoms with E-state index in [-0.39, 0.29) is 5.91 Å². The largest absolute Gasteiger partial charge is 0.384 e. The second kappa shape index (κ2) is 4.96. The first-order valence-electron chi connectivity index (χ1n) is 5.75. The zero-order valence-corrected chi connectivity index (χ0v) is 9.28. The molecular weight excluding hydrogens is 202 g/mol. The van der Waals surface area contributed by atoms with Crippen molar-refractivity contribution in [3.8, 4) is 0 Å². The van der Waals surface area contributed by atoms with Crippen LogP contribution in [0.5, 0.6) is 0 Å². The molecule has 4 heteroatoms. The summed E-state index contributed by atoms with van der Waals surface area (Å²) >= 11 is 0. The molecule has 0 aliphatic heterocycles. The third kappa shape index (κ3) is 2.72. The highest BCUT2D eigenvalue weighted by Crippen LogP contribution is 2.23. The van der Waals surface area contributed by atoms with Gasteiger partial charge in [-0.25, -0.2) is 4.98 Å². The maximum Gasteiger partial charge on any atom is 0.251 e. The Balaban J connectivity index is 1.87. The average Bonchev–Trinajstić information content (AvgIpc) is 2.78. The van der Waals surface area contributed by atoms with Gasteiger partial charge in [0.15, 0.2) is 0 Å². The van der Waals surface area contributed by atoms with Gasteiger partial charge in [-0.1, -0.05) is 12.8 Å². The highest BCUT2D eigenvalue weighted by atomic mass is 16.1. The van der Waals surface area contributed by atoms with E-state index in [1.54, 1.807) is 18.3 Å². The van der Waals surface area contributed by atoms with Gasteiger partial charge in [0.25, 0.3) is 5.91 Å². The predicted octanol–water partition coefficient (Wildman–Crippen LogP) is 1.58. The molecule has 1 aromatic rings. The maximum absolute atomic E-state index is 11.8. The lowest BCUT2D eigenvalue weighted by Crippen LogP contribution is -2.28. The Morgan fingerprint density at radius 1 is 1.50 bits per heavy atom. The van der Waals surface area contributed by atoms with Crippen LogP contribution in [0.25, 0.3) is 0 Å². The standard InChI is InChI=1S/C12H17N3O/c13-11-7-10(5-6-14-11)12(16)15-8-9-3-1-2-4-9/h5-7,9H,1-4,8H2,(H2,13,14)(H,15,16). The molecule has 0 spiro atoms. The van der Waals surface area contributed by atoms with Gasteiger partial charge in [-0.2, -0.15) is 0 Å². The number of rotatable bonds is 3. The Morgan fingerprint density at radius 2 is 2.25 bits per heavy atom. The minimum Gasteiger partial charge on any atom is -0.384 e. The molecule has 1 saturated carbocycles. The van der Waals surface area contributed by atoms with Gasteiger partial charge in [0.1, 0.15) is 5.82 Å². The smallest absolute Gasteiger partial charge is 0.251 e. The van der Waals surface area contributed by atoms with E-state index in [0.29, 0.717) is 17.3 Å². The Hall–Kier alpha value is -1.58. The van der Waals surface area contributed by atoms with Gasteiger partial charge < -0.3 is 11.1 Å². The monoisotopic (exact) mass is 219 g/mol. The fourth-order valence-electron chi connectivity index (χ4n) is 2.14. The van der Waals surface area contributed by atoms with Crippen molar-refractivity contribution in [1.29, 1.82) is 0 Å². The van der Waals surface area contributed by atoms with Crippen LogP contribution in [-0.4, -0.2) is 17.4 Å². The Morgan fingerprint density at radius 3 is 2.94 bits per heavy atom. The number of nitrogens with zero attached hydrogens (tertiary/aromatic N) is 1. The van der Waals surface area contributed by atoms with E-state index >= 15 is 0 Å². The fraction of sp³-hybridized carbons (Fsp3) is 0.500. The third-order valence-electron chi connectivity index (χ3n) is 3.07. The van der Waals surface area contributed by atoms with Gasteiger partial charge in [0.05, 0.1) is 0 Å². The van der Waals surface area contributed by atoms with Crippen molar-refractivity contribution < 1.29 is 4.79 Å². The second-order valence-electron chi connectivity index (χ2n) is 4.33. The second-order valence-corrected chi connectivity index (χ2v) is 4.33. The lowest BCUT2D eigenvalue weighted by atomic mass is 10.1. The van der Waals surface area contributed by atoms with E-state index in [2.05, 4.69) is 10.3 Å². The van der Waals surface area contributed by atoms with E-state index in [4.69, 9.17) is 5.73 Å². The molecule has 0 atom stereocenters. The average molecular weight is 219 g/mol. The molecule has 1 aliphatic carbocycles. The summed E-state index contributed by atoms with van der Waals surface area (Å²) in [6.07, 6.45) is 6.61. The first-order chi connectivity index (χ1) is 7.75. The minimum atomic E-state index is -0.0546. The van der Waals surface area contributed by atoms with Crippen molar-refractivity contribution in [3.05, 3.63) is 23.9 Å². The molecule has 4 nitrogen and oxygen atoms in total. The zero-order valence-electron chi connectivity index (χ0n) is 9.28. The molecule has 0 unspecified atom stereocenters. The highest BCUT2D eigenvalue weighted by Gasteiger charge is 2.16. The molecule has 0 bridgehead atoms. The number of anilines is 1. The van der Waals surface area contributed by atoms with E-state index in [0.717, 1.165) is 6.54 Å². The lowest BCUT2D eigenvalue weighted by molar-refractivity contribution is 0.0947. The number of aromatic nitrogens is 1. The molecule has 1 fully saturated rings. The normalized spacial score (nSPS) is 16.2. The van der Waals surface area contributed by atoms with Crippen LogP contribution < -0.4 is 11.1 Å². The summed E-state index contributed by atoms with van der Waals surface area (Å²) in [5.74, 6) is 0.984. The summed E-state index contributed by atoms with van der Waals surface area (Å²) in [4.78, 5) is 15.6. The molecule has 3 N–H and O–H groups in total. The zero-order chi connectivity index (χ0) is 11.4. The maximum atomic E-state index is 11.8. The van der Waals surface area contributed by atoms with Crippen LogP contribution in [0.15, 0.2) is 18.3 Å². The van der Waals surface area contributed by atoms with Gasteiger partial charge in [0.2, 0.25) is 0 Å². The minimum absolute atomic E-state index is 0.0546. The summed E-state index contributed by atoms with van der Waals surface area (Å²) in [5, 5.41) is 2.95. The fourth-order valence-corrected chi connectivity index (χ4v) is 2.14. The van der Waals surface area contributed by atoms with Gasteiger partial charge in [-0.3, -0.25) is 4.79 Å². The predicted molar refractivity (Wildman–Crippen MR) is 62.9 cm³/mol. The molecule has 1 aliphatic rings. The summed E-state index contributed by atoms with van der Waals surface area (Å²) in [7, 11) is 0. The van der Waals surface area contributed by atoms with Crippen molar-refractivity contribution in [2.45, 2.75) is 25.7 Å². The van der Waals surface area contributed by atoms with E-state index < -0.39 is 0 Å². The molecule has 2 rings (SSSR count). The first-order valence-corrected chi connectivity index (χ1v) is 5.75. The molecular formula is C12H17N3O. The van der Waals surface area contributed by atoms with Crippen LogP contribution in [0.2, 0.25) is 0 Å². The van der Waals surface area contributed by atoms with Crippen LogP contribution in [0.1, 0.15) is 36.0 Å². The number of pyridine rings is 1. The van der Waals surface area contributed by atoms with Crippen molar-refractivity contribution >= 4 is 11.7 Å². The van der Waals surface area contributed by atoms with Gasteiger partial charge in [0, 0.05) is 18.3 Å². The number of nitrogens with two attached hydrogens (primary N) is 1. The van der Waals surface area contributed by atoms with Gasteiger partial charge in [-0.15, -0.1) is 0 Å². The highest BCUT2D eigenvalue weighted by molar-refractivity contribution is 5.94. The van der Waals surface area contributed by atoms with Crippen LogP contribution >= 0.6 is 0 Å². The number of hydrogen-bond donors (Lipinski definition) is 2. The van der Waals surface area contributed by atoms with Crippen molar-refractivity contribution in [3.63, 3.8) is 0 Å². The van der Waals surface area contributed by atoms with Crippen LogP contribution in [0, 0.1) is 5.92 Å². The van der Waals surface area contributed by atoms with Gasteiger partial charge >= 0.3 is 0 Å². The van der Waals surface area contributed by atoms with Gasteiger partial charge in [-0.05, 0) is 30.9 Å². The molecule has 1 amide bonds. The van der Waals surface area contributed by atoms with Crippen molar-refractivity contribution in [2.24, 2.45) is 5.92 Å². The molecule has 0 aromatic carbocycles. The Bertz CT molecular complexity index is 372. The summed E-state index contributed by atoms with van der Waals surface area (Å²) in [6.45, 7) is 0.779. The van der Waals surface area contributed by atoms with E-state index in [1.165, 1.54) is 25.7 Å². The number of carbonyl (C=O) groups excluding carboxylic acids is 1. The van der Waals surface area contributed by atoms with Crippen LogP contribution in [0.4, 0.5) is 5.82 Å². The Kier molecular flexibility index (Phi) is 3.39. The first kappa shape index (κ1) is 10.9. The lowest BCUT2D eigenvalue weighted by Gasteiger charge is -2.10. The summed E-state index contributed by atoms with van der Waals surface area (Å²) in [5.41, 5.74) is 6.11. The van der Waals surface area contributed by atoms with Crippen molar-refractivity contribution in [1.82, 2.24) is 10.3 Å². The molecule has 1 aromatic heterocycles. The molecule has 86 valence electrons. The number of nitrogens with one attached hydrogen (secondary N) is 1. The number of hydrogen-bond acceptors (Lipinski definition) is 3. The quantitative estimate of drug-likeness (QED) is 0.811. The van der Waals surface area contributed by atoms with Crippen molar-refractivity contribution in [2.75, 3.05) is 12.3 Å². The Labute approximate surface area is 95.3 Å². The third-order valence-corrected chi connectivity index (χ3v) is 3.07. The van der Waals surface area contributed by atoms with E-state index in [1.807, 2.05) is 0 Å². The molecule has 0 saturated heterocycles. The SMILES string of the molecule is Nc1cc(C(=O)NCC2CCCC2)ccn1. The number of amides is 1. The summed E-state index contributed by atoms with van der Waals surface area (Å²) < 4.78 is 0. The number of carbonyl (C=O) groups is 1. The van der Waals surface area contributed by atoms with Crippen LogP contribution in [-0.2, 0) is 0 Å². The topological polar surface area (TPSA) is 68.0 Å². The molecule has 1 heterocycles.